The molecule has 25 heavy (non-hydrogen) atoms. The fourth-order valence-electron chi connectivity index (χ4n) is 1.80. The van der Waals surface area contributed by atoms with Gasteiger partial charge in [0.15, 0.2) is 5.96 Å². The zero-order chi connectivity index (χ0) is 17.8. The molecular formula is C16H30IN5O2S. The third-order valence-electron chi connectivity index (χ3n) is 3.28. The van der Waals surface area contributed by atoms with Crippen LogP contribution in [0.4, 0.5) is 0 Å². The predicted molar refractivity (Wildman–Crippen MR) is 114 cm³/mol. The molecule has 0 aromatic carbocycles. The first kappa shape index (κ1) is 24.1. The lowest BCUT2D eigenvalue weighted by Gasteiger charge is -2.16. The van der Waals surface area contributed by atoms with Gasteiger partial charge in [0.1, 0.15) is 6.54 Å². The molecule has 1 atom stereocenters. The number of thiazole rings is 1. The van der Waals surface area contributed by atoms with Crippen molar-refractivity contribution in [1.29, 1.82) is 0 Å². The lowest BCUT2D eigenvalue weighted by atomic mass is 10.2. The molecule has 0 aliphatic rings. The van der Waals surface area contributed by atoms with Gasteiger partial charge in [0, 0.05) is 57.9 Å². The van der Waals surface area contributed by atoms with Crippen LogP contribution in [-0.2, 0) is 9.53 Å². The maximum absolute atomic E-state index is 11.7. The quantitative estimate of drug-likeness (QED) is 0.230. The molecule has 2 N–H and O–H groups in total. The first-order valence-corrected chi connectivity index (χ1v) is 9.12. The molecule has 0 radical (unpaired) electrons. The summed E-state index contributed by atoms with van der Waals surface area (Å²) in [6.07, 6.45) is 2.70. The number of nitrogens with one attached hydrogen (secondary N) is 2. The first-order chi connectivity index (χ1) is 11.5. The minimum Gasteiger partial charge on any atom is -0.382 e. The van der Waals surface area contributed by atoms with E-state index in [-0.39, 0.29) is 42.3 Å². The van der Waals surface area contributed by atoms with Crippen molar-refractivity contribution in [3.8, 4) is 0 Å². The zero-order valence-electron chi connectivity index (χ0n) is 15.4. The number of rotatable bonds is 10. The molecule has 0 fully saturated rings. The Morgan fingerprint density at radius 3 is 2.80 bits per heavy atom. The Balaban J connectivity index is 0.00000576. The van der Waals surface area contributed by atoms with Gasteiger partial charge in [-0.2, -0.15) is 0 Å². The van der Waals surface area contributed by atoms with Gasteiger partial charge in [-0.1, -0.05) is 6.92 Å². The van der Waals surface area contributed by atoms with E-state index in [1.54, 1.807) is 25.4 Å². The number of aliphatic imine (C=N–C) groups is 1. The van der Waals surface area contributed by atoms with Crippen molar-refractivity contribution in [3.63, 3.8) is 0 Å². The summed E-state index contributed by atoms with van der Waals surface area (Å²) in [7, 11) is 3.45. The fraction of sp³-hybridized carbons (Fsp3) is 0.688. The Morgan fingerprint density at radius 2 is 2.20 bits per heavy atom. The molecule has 144 valence electrons. The predicted octanol–water partition coefficient (Wildman–Crippen LogP) is 1.91. The van der Waals surface area contributed by atoms with Gasteiger partial charge in [-0.15, -0.1) is 35.3 Å². The van der Waals surface area contributed by atoms with Gasteiger partial charge in [0.25, 0.3) is 0 Å². The minimum atomic E-state index is -0.0293. The van der Waals surface area contributed by atoms with Crippen LogP contribution in [0.25, 0.3) is 0 Å². The second-order valence-electron chi connectivity index (χ2n) is 5.58. The molecule has 0 saturated carbocycles. The highest BCUT2D eigenvalue weighted by atomic mass is 127. The molecule has 1 rings (SSSR count). The van der Waals surface area contributed by atoms with Crippen LogP contribution in [0, 0.1) is 0 Å². The summed E-state index contributed by atoms with van der Waals surface area (Å²) < 4.78 is 5.32. The summed E-state index contributed by atoms with van der Waals surface area (Å²) in [6.45, 7) is 7.11. The van der Waals surface area contributed by atoms with E-state index in [0.717, 1.165) is 24.6 Å². The summed E-state index contributed by atoms with van der Waals surface area (Å²) in [5.74, 6) is 0.897. The number of likely N-dealkylation sites (N-methyl/N-ethyl adjacent to an activating group) is 1. The minimum absolute atomic E-state index is 0. The summed E-state index contributed by atoms with van der Waals surface area (Å²) in [4.78, 5) is 21.9. The number of ether oxygens (including phenoxy) is 1. The number of hydrogen-bond donors (Lipinski definition) is 2. The van der Waals surface area contributed by atoms with Crippen molar-refractivity contribution < 1.29 is 9.53 Å². The van der Waals surface area contributed by atoms with Crippen molar-refractivity contribution in [2.75, 3.05) is 46.9 Å². The maximum atomic E-state index is 11.7. The van der Waals surface area contributed by atoms with E-state index in [1.165, 1.54) is 4.90 Å². The standard InChI is InChI=1S/C16H29N5O2S.HI/c1-5-23-9-6-7-18-16(20-12-14(22)21(3)4)19-11-13(2)15-17-8-10-24-15;/h8,10,13H,5-7,9,11-12H2,1-4H3,(H2,18,19,20);1H. The van der Waals surface area contributed by atoms with Crippen molar-refractivity contribution in [3.05, 3.63) is 16.6 Å². The van der Waals surface area contributed by atoms with Crippen molar-refractivity contribution in [2.45, 2.75) is 26.2 Å². The highest BCUT2D eigenvalue weighted by molar-refractivity contribution is 14.0. The second-order valence-corrected chi connectivity index (χ2v) is 6.51. The van der Waals surface area contributed by atoms with E-state index in [0.29, 0.717) is 19.1 Å². The molecule has 7 nitrogen and oxygen atoms in total. The van der Waals surface area contributed by atoms with Crippen molar-refractivity contribution in [2.24, 2.45) is 4.99 Å². The first-order valence-electron chi connectivity index (χ1n) is 8.24. The zero-order valence-corrected chi connectivity index (χ0v) is 18.6. The third-order valence-corrected chi connectivity index (χ3v) is 4.29. The van der Waals surface area contributed by atoms with Gasteiger partial charge < -0.3 is 20.3 Å². The summed E-state index contributed by atoms with van der Waals surface area (Å²) in [6, 6.07) is 0. The average Bonchev–Trinajstić information content (AvgIpc) is 3.10. The van der Waals surface area contributed by atoms with Gasteiger partial charge in [0.05, 0.1) is 5.01 Å². The summed E-state index contributed by atoms with van der Waals surface area (Å²) in [5, 5.41) is 9.59. The molecule has 1 heterocycles. The summed E-state index contributed by atoms with van der Waals surface area (Å²) in [5.41, 5.74) is 0. The Hall–Kier alpha value is -0.940. The third kappa shape index (κ3) is 10.6. The van der Waals surface area contributed by atoms with Crippen LogP contribution in [0.2, 0.25) is 0 Å². The van der Waals surface area contributed by atoms with Crippen LogP contribution in [0.3, 0.4) is 0 Å². The molecule has 1 aromatic rings. The van der Waals surface area contributed by atoms with E-state index in [2.05, 4.69) is 27.5 Å². The number of amides is 1. The van der Waals surface area contributed by atoms with Gasteiger partial charge >= 0.3 is 0 Å². The van der Waals surface area contributed by atoms with Crippen molar-refractivity contribution >= 4 is 47.2 Å². The highest BCUT2D eigenvalue weighted by Gasteiger charge is 2.10. The van der Waals surface area contributed by atoms with E-state index in [4.69, 9.17) is 4.74 Å². The molecule has 1 unspecified atom stereocenters. The Kier molecular flexibility index (Phi) is 13.7. The molecule has 0 spiro atoms. The molecule has 9 heteroatoms. The Morgan fingerprint density at radius 1 is 1.44 bits per heavy atom. The van der Waals surface area contributed by atoms with Gasteiger partial charge in [-0.3, -0.25) is 4.79 Å². The summed E-state index contributed by atoms with van der Waals surface area (Å²) >= 11 is 1.64. The van der Waals surface area contributed by atoms with Crippen LogP contribution < -0.4 is 10.6 Å². The average molecular weight is 483 g/mol. The van der Waals surface area contributed by atoms with Crippen LogP contribution >= 0.6 is 35.3 Å². The number of carbonyl (C=O) groups excluding carboxylic acids is 1. The number of carbonyl (C=O) groups is 1. The van der Waals surface area contributed by atoms with Gasteiger partial charge in [-0.25, -0.2) is 9.98 Å². The number of halogens is 1. The molecule has 1 amide bonds. The number of aromatic nitrogens is 1. The van der Waals surface area contributed by atoms with E-state index < -0.39 is 0 Å². The maximum Gasteiger partial charge on any atom is 0.243 e. The molecule has 0 aliphatic carbocycles. The van der Waals surface area contributed by atoms with E-state index in [9.17, 15) is 4.79 Å². The SMILES string of the molecule is CCOCCCNC(=NCC(=O)N(C)C)NCC(C)c1nccs1.I. The molecule has 1 aromatic heterocycles. The number of hydrogen-bond acceptors (Lipinski definition) is 5. The topological polar surface area (TPSA) is 78.8 Å². The van der Waals surface area contributed by atoms with E-state index in [1.807, 2.05) is 18.5 Å². The van der Waals surface area contributed by atoms with Crippen LogP contribution in [0.5, 0.6) is 0 Å². The van der Waals surface area contributed by atoms with Gasteiger partial charge in [-0.05, 0) is 13.3 Å². The van der Waals surface area contributed by atoms with Gasteiger partial charge in [0.2, 0.25) is 5.91 Å². The monoisotopic (exact) mass is 483 g/mol. The Labute approximate surface area is 171 Å². The molecule has 0 aliphatic heterocycles. The molecular weight excluding hydrogens is 453 g/mol. The lowest BCUT2D eigenvalue weighted by Crippen LogP contribution is -2.40. The fourth-order valence-corrected chi connectivity index (χ4v) is 2.50. The largest absolute Gasteiger partial charge is 0.382 e. The number of nitrogens with zero attached hydrogens (tertiary/aromatic N) is 3. The lowest BCUT2D eigenvalue weighted by molar-refractivity contribution is -0.127. The molecule has 0 bridgehead atoms. The molecule has 0 saturated heterocycles. The number of guanidine groups is 1. The Bertz CT molecular complexity index is 497. The second kappa shape index (κ2) is 14.3. The van der Waals surface area contributed by atoms with Crippen LogP contribution in [0.15, 0.2) is 16.6 Å². The van der Waals surface area contributed by atoms with Crippen molar-refractivity contribution in [1.82, 2.24) is 20.5 Å². The highest BCUT2D eigenvalue weighted by Crippen LogP contribution is 2.16. The smallest absolute Gasteiger partial charge is 0.243 e. The van der Waals surface area contributed by atoms with Crippen LogP contribution in [-0.4, -0.2) is 68.7 Å². The normalized spacial score (nSPS) is 12.2. The van der Waals surface area contributed by atoms with Crippen LogP contribution in [0.1, 0.15) is 31.2 Å². The van der Waals surface area contributed by atoms with E-state index >= 15 is 0 Å².